The van der Waals surface area contributed by atoms with Crippen LogP contribution in [0.25, 0.3) is 11.0 Å². The van der Waals surface area contributed by atoms with Crippen molar-refractivity contribution in [3.63, 3.8) is 0 Å². The first kappa shape index (κ1) is 18.2. The van der Waals surface area contributed by atoms with Gasteiger partial charge in [-0.2, -0.15) is 0 Å². The van der Waals surface area contributed by atoms with E-state index in [0.717, 1.165) is 31.8 Å². The lowest BCUT2D eigenvalue weighted by molar-refractivity contribution is 0.308. The van der Waals surface area contributed by atoms with Crippen LogP contribution in [0.15, 0.2) is 48.7 Å². The summed E-state index contributed by atoms with van der Waals surface area (Å²) in [5, 5.41) is 4.77. The number of aromatic amines is 1. The number of hydrogen-bond donors (Lipinski definition) is 2. The topological polar surface area (TPSA) is 44.0 Å². The Hall–Kier alpha value is -2.17. The fraction of sp³-hybridized carbons (Fsp3) is 0.435. The van der Waals surface area contributed by atoms with Gasteiger partial charge in [0.05, 0.1) is 0 Å². The van der Waals surface area contributed by atoms with Gasteiger partial charge in [0.25, 0.3) is 0 Å². The van der Waals surface area contributed by atoms with Gasteiger partial charge in [0.2, 0.25) is 0 Å². The van der Waals surface area contributed by atoms with E-state index in [-0.39, 0.29) is 0 Å². The van der Waals surface area contributed by atoms with Gasteiger partial charge in [-0.05, 0) is 62.2 Å². The second-order valence-electron chi connectivity index (χ2n) is 7.95. The summed E-state index contributed by atoms with van der Waals surface area (Å²) >= 11 is 0. The lowest BCUT2D eigenvalue weighted by Gasteiger charge is -2.26. The fourth-order valence-corrected chi connectivity index (χ4v) is 4.41. The summed E-state index contributed by atoms with van der Waals surface area (Å²) < 4.78 is 0. The molecule has 4 rings (SSSR count). The SMILES string of the molecule is C[C@@H](CN(C)Cc1c(C2CCNCC2)[nH]c2ncccc12)c1ccccc1. The second-order valence-corrected chi connectivity index (χ2v) is 7.95. The Balaban J connectivity index is 1.56. The average molecular weight is 363 g/mol. The zero-order chi connectivity index (χ0) is 18.6. The highest BCUT2D eigenvalue weighted by Gasteiger charge is 2.23. The van der Waals surface area contributed by atoms with Gasteiger partial charge in [-0.25, -0.2) is 4.98 Å². The van der Waals surface area contributed by atoms with Crippen molar-refractivity contribution in [1.82, 2.24) is 20.2 Å². The summed E-state index contributed by atoms with van der Waals surface area (Å²) in [6.45, 7) is 6.53. The van der Waals surface area contributed by atoms with Gasteiger partial charge in [-0.1, -0.05) is 37.3 Å². The van der Waals surface area contributed by atoms with Crippen LogP contribution in [0.1, 0.15) is 48.4 Å². The number of pyridine rings is 1. The molecule has 3 heterocycles. The number of nitrogens with one attached hydrogen (secondary N) is 2. The van der Waals surface area contributed by atoms with Crippen LogP contribution >= 0.6 is 0 Å². The summed E-state index contributed by atoms with van der Waals surface area (Å²) in [5.41, 5.74) is 5.28. The van der Waals surface area contributed by atoms with Crippen LogP contribution in [0.3, 0.4) is 0 Å². The number of likely N-dealkylation sites (N-methyl/N-ethyl adjacent to an activating group) is 1. The Kier molecular flexibility index (Phi) is 5.55. The summed E-state index contributed by atoms with van der Waals surface area (Å²) in [6.07, 6.45) is 4.28. The molecule has 1 aliphatic rings. The fourth-order valence-electron chi connectivity index (χ4n) is 4.41. The smallest absolute Gasteiger partial charge is 0.137 e. The molecule has 0 unspecified atom stereocenters. The Labute approximate surface area is 162 Å². The van der Waals surface area contributed by atoms with E-state index in [0.29, 0.717) is 11.8 Å². The molecule has 0 spiro atoms. The highest BCUT2D eigenvalue weighted by atomic mass is 15.1. The van der Waals surface area contributed by atoms with Gasteiger partial charge in [0.1, 0.15) is 5.65 Å². The maximum absolute atomic E-state index is 4.58. The third kappa shape index (κ3) is 4.07. The minimum absolute atomic E-state index is 0.516. The van der Waals surface area contributed by atoms with E-state index >= 15 is 0 Å². The normalized spacial score (nSPS) is 16.9. The van der Waals surface area contributed by atoms with Crippen LogP contribution in [0, 0.1) is 0 Å². The number of rotatable bonds is 6. The van der Waals surface area contributed by atoms with E-state index in [1.54, 1.807) is 0 Å². The molecule has 1 fully saturated rings. The first-order valence-electron chi connectivity index (χ1n) is 10.1. The number of aromatic nitrogens is 2. The summed E-state index contributed by atoms with van der Waals surface area (Å²) in [7, 11) is 2.24. The van der Waals surface area contributed by atoms with Crippen molar-refractivity contribution in [1.29, 1.82) is 0 Å². The molecule has 142 valence electrons. The van der Waals surface area contributed by atoms with Crippen LogP contribution in [0.5, 0.6) is 0 Å². The molecule has 2 N–H and O–H groups in total. The van der Waals surface area contributed by atoms with Crippen LogP contribution in [-0.2, 0) is 6.54 Å². The first-order chi connectivity index (χ1) is 13.2. The van der Waals surface area contributed by atoms with Crippen molar-refractivity contribution >= 4 is 11.0 Å². The van der Waals surface area contributed by atoms with Crippen molar-refractivity contribution in [2.24, 2.45) is 0 Å². The van der Waals surface area contributed by atoms with Crippen molar-refractivity contribution in [2.75, 3.05) is 26.7 Å². The molecule has 27 heavy (non-hydrogen) atoms. The number of hydrogen-bond acceptors (Lipinski definition) is 3. The van der Waals surface area contributed by atoms with Gasteiger partial charge in [-0.15, -0.1) is 0 Å². The van der Waals surface area contributed by atoms with Crippen molar-refractivity contribution < 1.29 is 0 Å². The molecule has 1 aromatic carbocycles. The van der Waals surface area contributed by atoms with Crippen LogP contribution in [0.4, 0.5) is 0 Å². The standard InChI is InChI=1S/C23H30N4/c1-17(18-7-4-3-5-8-18)15-27(2)16-21-20-9-6-12-25-23(20)26-22(21)19-10-13-24-14-11-19/h3-9,12,17,19,24H,10-11,13-16H2,1-2H3,(H,25,26)/t17-/m0/s1. The summed E-state index contributed by atoms with van der Waals surface area (Å²) in [6, 6.07) is 15.1. The van der Waals surface area contributed by atoms with Crippen molar-refractivity contribution in [3.8, 4) is 0 Å². The molecule has 0 amide bonds. The lowest BCUT2D eigenvalue weighted by Crippen LogP contribution is -2.28. The quantitative estimate of drug-likeness (QED) is 0.688. The van der Waals surface area contributed by atoms with Crippen LogP contribution in [0.2, 0.25) is 0 Å². The van der Waals surface area contributed by atoms with E-state index in [1.807, 2.05) is 6.20 Å². The lowest BCUT2D eigenvalue weighted by atomic mass is 9.91. The van der Waals surface area contributed by atoms with Gasteiger partial charge < -0.3 is 15.2 Å². The average Bonchev–Trinajstić information content (AvgIpc) is 3.08. The maximum Gasteiger partial charge on any atom is 0.137 e. The molecule has 0 saturated carbocycles. The molecule has 0 aliphatic carbocycles. The van der Waals surface area contributed by atoms with E-state index in [4.69, 9.17) is 0 Å². The molecular formula is C23H30N4. The van der Waals surface area contributed by atoms with Crippen molar-refractivity contribution in [3.05, 3.63) is 65.5 Å². The Morgan fingerprint density at radius 1 is 1.11 bits per heavy atom. The largest absolute Gasteiger partial charge is 0.343 e. The summed E-state index contributed by atoms with van der Waals surface area (Å²) in [5.74, 6) is 1.12. The zero-order valence-corrected chi connectivity index (χ0v) is 16.4. The van der Waals surface area contributed by atoms with Gasteiger partial charge in [0.15, 0.2) is 0 Å². The van der Waals surface area contributed by atoms with E-state index < -0.39 is 0 Å². The number of nitrogens with zero attached hydrogens (tertiary/aromatic N) is 2. The van der Waals surface area contributed by atoms with Crippen molar-refractivity contribution in [2.45, 2.75) is 38.1 Å². The molecule has 0 bridgehead atoms. The Morgan fingerprint density at radius 2 is 1.89 bits per heavy atom. The molecule has 4 nitrogen and oxygen atoms in total. The molecule has 0 radical (unpaired) electrons. The van der Waals surface area contributed by atoms with Gasteiger partial charge in [-0.3, -0.25) is 0 Å². The molecule has 4 heteroatoms. The maximum atomic E-state index is 4.58. The predicted octanol–water partition coefficient (Wildman–Crippen LogP) is 4.27. The predicted molar refractivity (Wildman–Crippen MR) is 112 cm³/mol. The molecule has 1 aliphatic heterocycles. The van der Waals surface area contributed by atoms with E-state index in [2.05, 4.69) is 76.6 Å². The third-order valence-electron chi connectivity index (χ3n) is 5.84. The number of piperidine rings is 1. The van der Waals surface area contributed by atoms with Crippen LogP contribution < -0.4 is 5.32 Å². The molecular weight excluding hydrogens is 332 g/mol. The third-order valence-corrected chi connectivity index (χ3v) is 5.84. The zero-order valence-electron chi connectivity index (χ0n) is 16.4. The number of benzene rings is 1. The van der Waals surface area contributed by atoms with Crippen LogP contribution in [-0.4, -0.2) is 41.5 Å². The molecule has 1 saturated heterocycles. The minimum Gasteiger partial charge on any atom is -0.343 e. The highest BCUT2D eigenvalue weighted by Crippen LogP contribution is 2.32. The molecule has 2 aromatic heterocycles. The highest BCUT2D eigenvalue weighted by molar-refractivity contribution is 5.81. The van der Waals surface area contributed by atoms with Gasteiger partial charge >= 0.3 is 0 Å². The monoisotopic (exact) mass is 362 g/mol. The Morgan fingerprint density at radius 3 is 2.67 bits per heavy atom. The second kappa shape index (κ2) is 8.24. The van der Waals surface area contributed by atoms with Gasteiger partial charge in [0, 0.05) is 36.3 Å². The van der Waals surface area contributed by atoms with E-state index in [1.165, 1.54) is 35.0 Å². The number of fused-ring (bicyclic) bond motifs is 1. The Bertz CT molecular complexity index is 864. The molecule has 3 aromatic rings. The number of H-pyrrole nitrogens is 1. The minimum atomic E-state index is 0.516. The first-order valence-corrected chi connectivity index (χ1v) is 10.1. The summed E-state index contributed by atoms with van der Waals surface area (Å²) in [4.78, 5) is 10.7. The molecule has 1 atom stereocenters. The van der Waals surface area contributed by atoms with E-state index in [9.17, 15) is 0 Å².